The number of ether oxygens (including phenoxy) is 1. The maximum absolute atomic E-state index is 6.17. The van der Waals surface area contributed by atoms with Crippen molar-refractivity contribution in [1.82, 2.24) is 0 Å². The summed E-state index contributed by atoms with van der Waals surface area (Å²) in [6.45, 7) is 4.09. The summed E-state index contributed by atoms with van der Waals surface area (Å²) in [4.78, 5) is 0. The maximum Gasteiger partial charge on any atom is 0.115 e. The van der Waals surface area contributed by atoms with Crippen LogP contribution in [-0.2, 0) is 39.1 Å². The fourth-order valence-corrected chi connectivity index (χ4v) is 2.31. The number of rotatable bonds is 4. The summed E-state index contributed by atoms with van der Waals surface area (Å²) in [5.41, 5.74) is 2.31. The number of hydrogen-bond donors (Lipinski definition) is 0. The van der Waals surface area contributed by atoms with Crippen molar-refractivity contribution in [1.29, 1.82) is 0 Å². The van der Waals surface area contributed by atoms with E-state index in [2.05, 4.69) is 22.9 Å². The molecule has 1 nitrogen and oxygen atoms in total. The van der Waals surface area contributed by atoms with E-state index in [1.165, 1.54) is 5.56 Å². The van der Waals surface area contributed by atoms with Crippen LogP contribution in [0.5, 0.6) is 5.75 Å². The van der Waals surface area contributed by atoms with Gasteiger partial charge in [0.15, 0.2) is 0 Å². The second-order valence-electron chi connectivity index (χ2n) is 3.90. The molecule has 2 aromatic carbocycles. The van der Waals surface area contributed by atoms with Crippen LogP contribution in [0, 0.1) is 6.92 Å². The summed E-state index contributed by atoms with van der Waals surface area (Å²) < 4.78 is 6.35. The van der Waals surface area contributed by atoms with Gasteiger partial charge >= 0.3 is 0 Å². The monoisotopic (exact) mass is 412 g/mol. The molecule has 0 N–H and O–H groups in total. The Labute approximate surface area is 152 Å². The zero-order chi connectivity index (χ0) is 13.0. The molecule has 4 heteroatoms. The first-order valence-corrected chi connectivity index (χ1v) is 6.81. The minimum Gasteiger partial charge on any atom is -0.525 e. The van der Waals surface area contributed by atoms with E-state index in [-0.39, 0.29) is 32.7 Å². The molecule has 0 amide bonds. The van der Waals surface area contributed by atoms with Crippen molar-refractivity contribution in [3.05, 3.63) is 70.0 Å². The molecular weight excluding hydrogens is 400 g/mol. The third-order valence-electron chi connectivity index (χ3n) is 2.59. The molecule has 2 aromatic rings. The molecule has 0 bridgehead atoms. The first-order chi connectivity index (χ1) is 8.69. The number of hydrogen-bond acceptors (Lipinski definition) is 1. The average molecular weight is 414 g/mol. The topological polar surface area (TPSA) is 9.23 Å². The molecule has 0 unspecified atom stereocenters. The molecule has 0 heterocycles. The van der Waals surface area contributed by atoms with E-state index in [9.17, 15) is 0 Å². The Balaban J connectivity index is 0.00000180. The number of benzene rings is 2. The fraction of sp³-hybridized carbons (Fsp3) is 0.133. The van der Waals surface area contributed by atoms with Gasteiger partial charge in [0.25, 0.3) is 0 Å². The molecular formula is C15H13BrClOY-. The van der Waals surface area contributed by atoms with E-state index in [1.54, 1.807) is 0 Å². The van der Waals surface area contributed by atoms with Crippen LogP contribution >= 0.6 is 27.5 Å². The van der Waals surface area contributed by atoms with Crippen LogP contribution < -0.4 is 4.74 Å². The first-order valence-electron chi connectivity index (χ1n) is 5.64. The minimum absolute atomic E-state index is 0. The third kappa shape index (κ3) is 5.19. The summed E-state index contributed by atoms with van der Waals surface area (Å²) in [5, 5.41) is 0.788. The predicted molar refractivity (Wildman–Crippen MR) is 79.3 cm³/mol. The smallest absolute Gasteiger partial charge is 0.115 e. The summed E-state index contributed by atoms with van der Waals surface area (Å²) in [5.74, 6) is 0.842. The van der Waals surface area contributed by atoms with Crippen molar-refractivity contribution in [2.45, 2.75) is 6.42 Å². The molecule has 0 saturated carbocycles. The largest absolute Gasteiger partial charge is 0.525 e. The summed E-state index contributed by atoms with van der Waals surface area (Å²) >= 11 is 9.63. The van der Waals surface area contributed by atoms with Crippen LogP contribution in [-0.4, -0.2) is 6.61 Å². The van der Waals surface area contributed by atoms with Crippen molar-refractivity contribution in [2.75, 3.05) is 6.61 Å². The zero-order valence-corrected chi connectivity index (χ0v) is 15.6. The first kappa shape index (κ1) is 17.2. The Morgan fingerprint density at radius 3 is 2.42 bits per heavy atom. The maximum atomic E-state index is 6.17. The van der Waals surface area contributed by atoms with E-state index in [0.29, 0.717) is 6.61 Å². The van der Waals surface area contributed by atoms with E-state index in [1.807, 2.05) is 42.5 Å². The Hall–Kier alpha value is 0.114. The van der Waals surface area contributed by atoms with Crippen LogP contribution in [0.1, 0.15) is 11.1 Å². The van der Waals surface area contributed by atoms with Crippen molar-refractivity contribution in [3.63, 3.8) is 0 Å². The van der Waals surface area contributed by atoms with Gasteiger partial charge in [0.2, 0.25) is 0 Å². The Morgan fingerprint density at radius 2 is 1.79 bits per heavy atom. The van der Waals surface area contributed by atoms with Gasteiger partial charge < -0.3 is 11.7 Å². The molecule has 0 aliphatic rings. The van der Waals surface area contributed by atoms with Crippen LogP contribution in [0.25, 0.3) is 0 Å². The van der Waals surface area contributed by atoms with E-state index in [0.717, 1.165) is 27.2 Å². The van der Waals surface area contributed by atoms with Gasteiger partial charge in [0, 0.05) is 42.2 Å². The molecule has 0 aliphatic heterocycles. The average Bonchev–Trinajstić information content (AvgIpc) is 2.37. The van der Waals surface area contributed by atoms with Gasteiger partial charge in [-0.15, -0.1) is 0 Å². The van der Waals surface area contributed by atoms with Gasteiger partial charge in [0.05, 0.1) is 0 Å². The van der Waals surface area contributed by atoms with E-state index >= 15 is 0 Å². The normalized spacial score (nSPS) is 9.84. The summed E-state index contributed by atoms with van der Waals surface area (Å²) in [7, 11) is 0. The molecule has 0 saturated heterocycles. The summed E-state index contributed by atoms with van der Waals surface area (Å²) in [6, 6.07) is 13.9. The predicted octanol–water partition coefficient (Wildman–Crippen LogP) is 4.90. The van der Waals surface area contributed by atoms with Gasteiger partial charge in [-0.25, -0.2) is 0 Å². The van der Waals surface area contributed by atoms with E-state index in [4.69, 9.17) is 16.3 Å². The van der Waals surface area contributed by atoms with Gasteiger partial charge in [-0.2, -0.15) is 0 Å². The molecule has 0 aliphatic carbocycles. The molecule has 2 rings (SSSR count). The van der Waals surface area contributed by atoms with Crippen LogP contribution in [0.2, 0.25) is 5.02 Å². The Bertz CT molecular complexity index is 528. The van der Waals surface area contributed by atoms with Crippen molar-refractivity contribution in [2.24, 2.45) is 0 Å². The second-order valence-corrected chi connectivity index (χ2v) is 5.23. The van der Waals surface area contributed by atoms with Crippen molar-refractivity contribution < 1.29 is 37.4 Å². The fourth-order valence-electron chi connectivity index (χ4n) is 1.72. The summed E-state index contributed by atoms with van der Waals surface area (Å²) in [6.07, 6.45) is 0.808. The molecule has 0 spiro atoms. The zero-order valence-electron chi connectivity index (χ0n) is 10.4. The third-order valence-corrected chi connectivity index (χ3v) is 3.46. The molecule has 0 fully saturated rings. The van der Waals surface area contributed by atoms with Crippen molar-refractivity contribution >= 4 is 27.5 Å². The van der Waals surface area contributed by atoms with E-state index < -0.39 is 0 Å². The van der Waals surface area contributed by atoms with Gasteiger partial charge in [-0.1, -0.05) is 39.7 Å². The SMILES string of the molecule is [CH2-]COc1ccc(Cc2cc(Br)ccc2Cl)cc1.[Y]. The Morgan fingerprint density at radius 1 is 1.11 bits per heavy atom. The second kappa shape index (κ2) is 8.41. The van der Waals surface area contributed by atoms with Gasteiger partial charge in [-0.05, 0) is 54.5 Å². The van der Waals surface area contributed by atoms with Crippen LogP contribution in [0.4, 0.5) is 0 Å². The molecule has 97 valence electrons. The molecule has 0 atom stereocenters. The Kier molecular flexibility index (Phi) is 7.60. The van der Waals surface area contributed by atoms with Crippen molar-refractivity contribution in [3.8, 4) is 5.75 Å². The number of halogens is 2. The van der Waals surface area contributed by atoms with Crippen LogP contribution in [0.3, 0.4) is 0 Å². The standard InChI is InChI=1S/C15H13BrClO.Y/c1-2-18-14-6-3-11(4-7-14)9-12-10-13(16)5-8-15(12)17;/h3-8,10H,1-2,9H2;/q-1;. The molecule has 0 aromatic heterocycles. The molecule has 1 radical (unpaired) electrons. The quantitative estimate of drug-likeness (QED) is 0.648. The van der Waals surface area contributed by atoms with Gasteiger partial charge in [-0.3, -0.25) is 0 Å². The minimum atomic E-state index is 0. The molecule has 19 heavy (non-hydrogen) atoms. The van der Waals surface area contributed by atoms with Crippen LogP contribution in [0.15, 0.2) is 46.9 Å². The van der Waals surface area contributed by atoms with Gasteiger partial charge in [0.1, 0.15) is 5.75 Å².